The molecule has 4 heterocycles. The van der Waals surface area contributed by atoms with E-state index in [2.05, 4.69) is 65.5 Å². The molecule has 0 radical (unpaired) electrons. The molecule has 0 N–H and O–H groups in total. The maximum Gasteiger partial charge on any atom is 0.167 e. The third kappa shape index (κ3) is 3.78. The van der Waals surface area contributed by atoms with E-state index >= 15 is 0 Å². The van der Waals surface area contributed by atoms with Crippen LogP contribution in [0.4, 0.5) is 0 Å². The summed E-state index contributed by atoms with van der Waals surface area (Å²) in [6.45, 7) is 13.4. The standard InChI is InChI=1S/C26H36N4O/c1-18-8-9-23-24(17-18)31-27-26(23)21-10-14-29(15-11-21)16-12-22-19(2)28(4)25-7-5-6-13-30(25)20(22)3/h8-9,17,21,25H,3,5-7,10-16H2,1-2,4H3. The maximum atomic E-state index is 5.63. The fourth-order valence-electron chi connectivity index (χ4n) is 5.83. The fourth-order valence-corrected chi connectivity index (χ4v) is 5.83. The Kier molecular flexibility index (Phi) is 5.55. The van der Waals surface area contributed by atoms with Gasteiger partial charge in [-0.15, -0.1) is 0 Å². The highest BCUT2D eigenvalue weighted by Crippen LogP contribution is 2.37. The molecule has 2 aromatic rings. The quantitative estimate of drug-likeness (QED) is 0.675. The van der Waals surface area contributed by atoms with Crippen LogP contribution in [0.3, 0.4) is 0 Å². The van der Waals surface area contributed by atoms with E-state index in [1.54, 1.807) is 0 Å². The van der Waals surface area contributed by atoms with Crippen LogP contribution in [-0.2, 0) is 0 Å². The number of aromatic nitrogens is 1. The predicted octanol–water partition coefficient (Wildman–Crippen LogP) is 5.25. The van der Waals surface area contributed by atoms with Crippen molar-refractivity contribution < 1.29 is 4.52 Å². The Balaban J connectivity index is 1.21. The van der Waals surface area contributed by atoms with Crippen LogP contribution in [0.5, 0.6) is 0 Å². The van der Waals surface area contributed by atoms with Gasteiger partial charge < -0.3 is 19.2 Å². The molecule has 1 unspecified atom stereocenters. The summed E-state index contributed by atoms with van der Waals surface area (Å²) in [5.41, 5.74) is 7.47. The van der Waals surface area contributed by atoms with Crippen molar-refractivity contribution in [1.29, 1.82) is 0 Å². The number of fused-ring (bicyclic) bond motifs is 2. The van der Waals surface area contributed by atoms with Crippen molar-refractivity contribution in [3.8, 4) is 0 Å². The van der Waals surface area contributed by atoms with Crippen molar-refractivity contribution in [1.82, 2.24) is 19.9 Å². The van der Waals surface area contributed by atoms with Gasteiger partial charge in [-0.3, -0.25) is 0 Å². The first-order valence-electron chi connectivity index (χ1n) is 12.0. The first-order chi connectivity index (χ1) is 15.0. The largest absolute Gasteiger partial charge is 0.358 e. The molecule has 1 atom stereocenters. The number of likely N-dealkylation sites (tertiary alicyclic amines) is 1. The van der Waals surface area contributed by atoms with Crippen LogP contribution in [0, 0.1) is 6.92 Å². The number of piperidine rings is 2. The van der Waals surface area contributed by atoms with Gasteiger partial charge in [0, 0.05) is 42.8 Å². The Morgan fingerprint density at radius 2 is 1.90 bits per heavy atom. The fraction of sp³-hybridized carbons (Fsp3) is 0.577. The van der Waals surface area contributed by atoms with Gasteiger partial charge in [0.05, 0.1) is 5.69 Å². The van der Waals surface area contributed by atoms with Gasteiger partial charge in [-0.1, -0.05) is 17.8 Å². The molecule has 0 amide bonds. The topological polar surface area (TPSA) is 35.8 Å². The normalized spacial score (nSPS) is 23.7. The van der Waals surface area contributed by atoms with Crippen molar-refractivity contribution in [2.45, 2.75) is 64.5 Å². The molecule has 166 valence electrons. The second-order valence-corrected chi connectivity index (χ2v) is 9.72. The number of aryl methyl sites for hydroxylation is 1. The molecule has 0 aliphatic carbocycles. The van der Waals surface area contributed by atoms with Crippen molar-refractivity contribution in [3.05, 3.63) is 53.0 Å². The molecular weight excluding hydrogens is 384 g/mol. The Morgan fingerprint density at radius 1 is 1.10 bits per heavy atom. The summed E-state index contributed by atoms with van der Waals surface area (Å²) >= 11 is 0. The molecule has 3 aliphatic heterocycles. The Bertz CT molecular complexity index is 998. The minimum absolute atomic E-state index is 0.506. The Morgan fingerprint density at radius 3 is 2.71 bits per heavy atom. The second-order valence-electron chi connectivity index (χ2n) is 9.72. The predicted molar refractivity (Wildman–Crippen MR) is 126 cm³/mol. The molecule has 0 saturated carbocycles. The lowest BCUT2D eigenvalue weighted by molar-refractivity contribution is 0.0673. The van der Waals surface area contributed by atoms with Crippen molar-refractivity contribution >= 4 is 11.0 Å². The number of hydrogen-bond acceptors (Lipinski definition) is 5. The zero-order valence-electron chi connectivity index (χ0n) is 19.4. The van der Waals surface area contributed by atoms with E-state index in [-0.39, 0.29) is 0 Å². The number of rotatable bonds is 4. The molecule has 5 heteroatoms. The molecule has 1 aromatic carbocycles. The molecule has 3 aliphatic rings. The molecule has 2 saturated heterocycles. The summed E-state index contributed by atoms with van der Waals surface area (Å²) in [5.74, 6) is 0.506. The molecular formula is C26H36N4O. The summed E-state index contributed by atoms with van der Waals surface area (Å²) in [4.78, 5) is 7.67. The summed E-state index contributed by atoms with van der Waals surface area (Å²) in [5, 5.41) is 5.64. The summed E-state index contributed by atoms with van der Waals surface area (Å²) in [6.07, 6.45) is 7.79. The minimum atomic E-state index is 0.506. The molecule has 0 spiro atoms. The smallest absolute Gasteiger partial charge is 0.167 e. The number of benzene rings is 1. The van der Waals surface area contributed by atoms with Gasteiger partial charge in [0.1, 0.15) is 6.17 Å². The van der Waals surface area contributed by atoms with Gasteiger partial charge in [-0.2, -0.15) is 0 Å². The van der Waals surface area contributed by atoms with Crippen LogP contribution in [0.1, 0.15) is 62.6 Å². The van der Waals surface area contributed by atoms with Gasteiger partial charge in [-0.25, -0.2) is 0 Å². The summed E-state index contributed by atoms with van der Waals surface area (Å²) in [6, 6.07) is 6.43. The third-order valence-electron chi connectivity index (χ3n) is 7.89. The van der Waals surface area contributed by atoms with Crippen molar-refractivity contribution in [2.24, 2.45) is 0 Å². The monoisotopic (exact) mass is 420 g/mol. The molecule has 1 aromatic heterocycles. The highest BCUT2D eigenvalue weighted by atomic mass is 16.5. The van der Waals surface area contributed by atoms with E-state index in [0.29, 0.717) is 12.1 Å². The van der Waals surface area contributed by atoms with Crippen LogP contribution in [0.25, 0.3) is 11.0 Å². The highest BCUT2D eigenvalue weighted by molar-refractivity contribution is 5.80. The van der Waals surface area contributed by atoms with E-state index < -0.39 is 0 Å². The van der Waals surface area contributed by atoms with Gasteiger partial charge in [0.2, 0.25) is 0 Å². The van der Waals surface area contributed by atoms with Crippen LogP contribution >= 0.6 is 0 Å². The lowest BCUT2D eigenvalue weighted by Crippen LogP contribution is -2.51. The lowest BCUT2D eigenvalue weighted by Gasteiger charge is -2.49. The first kappa shape index (κ1) is 20.6. The van der Waals surface area contributed by atoms with E-state index in [9.17, 15) is 0 Å². The van der Waals surface area contributed by atoms with E-state index in [0.717, 1.165) is 56.7 Å². The minimum Gasteiger partial charge on any atom is -0.358 e. The summed E-state index contributed by atoms with van der Waals surface area (Å²) < 4.78 is 5.63. The van der Waals surface area contributed by atoms with Crippen molar-refractivity contribution in [2.75, 3.05) is 33.2 Å². The number of hydrogen-bond donors (Lipinski definition) is 0. The van der Waals surface area contributed by atoms with Gasteiger partial charge >= 0.3 is 0 Å². The van der Waals surface area contributed by atoms with Crippen LogP contribution < -0.4 is 0 Å². The van der Waals surface area contributed by atoms with E-state index in [4.69, 9.17) is 4.52 Å². The second kappa shape index (κ2) is 8.34. The first-order valence-corrected chi connectivity index (χ1v) is 12.0. The number of allylic oxidation sites excluding steroid dienone is 2. The van der Waals surface area contributed by atoms with Gasteiger partial charge in [0.25, 0.3) is 0 Å². The van der Waals surface area contributed by atoms with Crippen LogP contribution in [0.2, 0.25) is 0 Å². The average molecular weight is 421 g/mol. The molecule has 31 heavy (non-hydrogen) atoms. The van der Waals surface area contributed by atoms with E-state index in [1.807, 2.05) is 0 Å². The van der Waals surface area contributed by atoms with Crippen LogP contribution in [0.15, 0.2) is 46.3 Å². The van der Waals surface area contributed by atoms with Gasteiger partial charge in [0.15, 0.2) is 5.58 Å². The third-order valence-corrected chi connectivity index (χ3v) is 7.89. The van der Waals surface area contributed by atoms with E-state index in [1.165, 1.54) is 47.2 Å². The number of nitrogens with zero attached hydrogens (tertiary/aromatic N) is 4. The van der Waals surface area contributed by atoms with Crippen molar-refractivity contribution in [3.63, 3.8) is 0 Å². The lowest BCUT2D eigenvalue weighted by atomic mass is 9.91. The SMILES string of the molecule is C=C1C(CCN2CCC(c3noc4cc(C)ccc34)CC2)=C(C)N(C)C2CCCCN12. The average Bonchev–Trinajstić information content (AvgIpc) is 3.21. The zero-order chi connectivity index (χ0) is 21.5. The molecule has 2 fully saturated rings. The Labute approximate surface area is 186 Å². The van der Waals surface area contributed by atoms with Gasteiger partial charge in [-0.05, 0) is 88.7 Å². The molecule has 5 rings (SSSR count). The summed E-state index contributed by atoms with van der Waals surface area (Å²) in [7, 11) is 2.26. The maximum absolute atomic E-state index is 5.63. The highest BCUT2D eigenvalue weighted by Gasteiger charge is 2.34. The molecule has 5 nitrogen and oxygen atoms in total. The Hall–Kier alpha value is -2.27. The van der Waals surface area contributed by atoms with Crippen LogP contribution in [-0.4, -0.2) is 59.2 Å². The zero-order valence-corrected chi connectivity index (χ0v) is 19.4. The molecule has 0 bridgehead atoms.